The van der Waals surface area contributed by atoms with Crippen molar-refractivity contribution in [2.45, 2.75) is 426 Å². The first kappa shape index (κ1) is 96.1. The van der Waals surface area contributed by atoms with Gasteiger partial charge in [0.1, 0.15) is 19.3 Å². The largest absolute Gasteiger partial charge is 0.472 e. The van der Waals surface area contributed by atoms with E-state index in [1.54, 1.807) is 0 Å². The molecule has 0 aromatic heterocycles. The third-order valence-electron chi connectivity index (χ3n) is 18.7. The monoisotopic (exact) mass is 1440 g/mol. The maximum atomic E-state index is 13.1. The van der Waals surface area contributed by atoms with E-state index in [0.29, 0.717) is 25.7 Å². The zero-order valence-electron chi connectivity index (χ0n) is 64.3. The molecule has 0 fully saturated rings. The van der Waals surface area contributed by atoms with Gasteiger partial charge in [-0.2, -0.15) is 0 Å². The molecule has 98 heavy (non-hydrogen) atoms. The number of rotatable bonds is 77. The van der Waals surface area contributed by atoms with Crippen LogP contribution in [-0.2, 0) is 65.4 Å². The van der Waals surface area contributed by atoms with Crippen molar-refractivity contribution in [3.05, 3.63) is 0 Å². The molecule has 582 valence electrons. The Balaban J connectivity index is 5.26. The van der Waals surface area contributed by atoms with Crippen molar-refractivity contribution in [3.8, 4) is 0 Å². The third-order valence-corrected chi connectivity index (χ3v) is 20.6. The maximum absolute atomic E-state index is 13.1. The minimum absolute atomic E-state index is 0.107. The molecule has 0 spiro atoms. The summed E-state index contributed by atoms with van der Waals surface area (Å²) >= 11 is 0. The summed E-state index contributed by atoms with van der Waals surface area (Å²) in [6.07, 6.45) is 56.7. The lowest BCUT2D eigenvalue weighted by atomic mass is 9.99. The number of aliphatic hydroxyl groups is 1. The SMILES string of the molecule is CCCCCCCCCCCCCCCC(=O)O[C@H](COC(=O)CCCCCCCCCCC(C)C)COP(=O)(O)OC[C@H](O)COP(=O)(O)OC[C@@H](COC(=O)CCCCCCCCCCCCCCCC(C)C)OC(=O)CCCCCCCCCCCCCCCCC(C)CC. The van der Waals surface area contributed by atoms with Gasteiger partial charge in [0.2, 0.25) is 0 Å². The average Bonchev–Trinajstić information content (AvgIpc) is 1.08. The second-order valence-electron chi connectivity index (χ2n) is 29.6. The van der Waals surface area contributed by atoms with Gasteiger partial charge in [-0.15, -0.1) is 0 Å². The summed E-state index contributed by atoms with van der Waals surface area (Å²) in [4.78, 5) is 73.0. The van der Waals surface area contributed by atoms with Crippen molar-refractivity contribution in [1.29, 1.82) is 0 Å². The topological polar surface area (TPSA) is 237 Å². The van der Waals surface area contributed by atoms with Gasteiger partial charge in [0.15, 0.2) is 12.2 Å². The van der Waals surface area contributed by atoms with Crippen LogP contribution in [0, 0.1) is 17.8 Å². The Kier molecular flexibility index (Phi) is 68.1. The molecule has 0 amide bonds. The molecular weight excluding hydrogens is 1280 g/mol. The fourth-order valence-electron chi connectivity index (χ4n) is 12.1. The number of aliphatic hydroxyl groups excluding tert-OH is 1. The van der Waals surface area contributed by atoms with E-state index in [4.69, 9.17) is 37.0 Å². The van der Waals surface area contributed by atoms with Crippen LogP contribution >= 0.6 is 15.6 Å². The Morgan fingerprint density at radius 3 is 0.776 bits per heavy atom. The first-order chi connectivity index (χ1) is 47.3. The zero-order chi connectivity index (χ0) is 72.3. The van der Waals surface area contributed by atoms with E-state index in [0.717, 1.165) is 108 Å². The van der Waals surface area contributed by atoms with E-state index in [2.05, 4.69) is 48.5 Å². The van der Waals surface area contributed by atoms with Crippen LogP contribution in [0.25, 0.3) is 0 Å². The molecule has 0 aliphatic heterocycles. The summed E-state index contributed by atoms with van der Waals surface area (Å²) < 4.78 is 68.7. The van der Waals surface area contributed by atoms with Crippen LogP contribution in [0.5, 0.6) is 0 Å². The number of hydrogen-bond donors (Lipinski definition) is 3. The van der Waals surface area contributed by atoms with Crippen molar-refractivity contribution >= 4 is 39.5 Å². The van der Waals surface area contributed by atoms with Crippen LogP contribution < -0.4 is 0 Å². The van der Waals surface area contributed by atoms with E-state index in [1.807, 2.05) is 0 Å². The molecule has 0 aromatic carbocycles. The summed E-state index contributed by atoms with van der Waals surface area (Å²) in [6, 6.07) is 0. The normalized spacial score (nSPS) is 14.3. The second-order valence-corrected chi connectivity index (χ2v) is 32.6. The quantitative estimate of drug-likeness (QED) is 0.0222. The van der Waals surface area contributed by atoms with Crippen LogP contribution in [0.1, 0.15) is 408 Å². The Labute approximate surface area is 600 Å². The lowest BCUT2D eigenvalue weighted by molar-refractivity contribution is -0.161. The number of hydrogen-bond acceptors (Lipinski definition) is 15. The van der Waals surface area contributed by atoms with E-state index in [9.17, 15) is 43.2 Å². The predicted molar refractivity (Wildman–Crippen MR) is 400 cm³/mol. The molecule has 19 heteroatoms. The summed E-state index contributed by atoms with van der Waals surface area (Å²) in [5.41, 5.74) is 0. The summed E-state index contributed by atoms with van der Waals surface area (Å²) in [5, 5.41) is 10.6. The molecule has 0 aromatic rings. The molecule has 6 atom stereocenters. The third kappa shape index (κ3) is 71.1. The fraction of sp³-hybridized carbons (Fsp3) is 0.949. The maximum Gasteiger partial charge on any atom is 0.472 e. The van der Waals surface area contributed by atoms with Gasteiger partial charge in [-0.05, 0) is 43.4 Å². The standard InChI is InChI=1S/C79H154O17P2/c1-8-10-11-12-13-14-15-19-27-32-41-48-55-62-78(83)96-75(67-90-77(82)61-54-47-40-35-34-37-44-51-58-71(5)6)69-94-98(87,88)92-65-73(80)64-91-97(85,86)93-68-74(66-89-76(81)60-53-46-39-31-26-23-18-20-24-29-36-43-50-57-70(3)4)95-79(84)63-56-49-42-33-28-22-17-16-21-25-30-38-45-52-59-72(7)9-2/h70-75,80H,8-69H2,1-7H3,(H,85,86)(H,87,88)/t72?,73-,74-,75-/m1/s1. The average molecular weight is 1440 g/mol. The van der Waals surface area contributed by atoms with Crippen LogP contribution in [0.3, 0.4) is 0 Å². The van der Waals surface area contributed by atoms with Crippen molar-refractivity contribution in [2.24, 2.45) is 17.8 Å². The molecule has 0 heterocycles. The number of phosphoric acid groups is 2. The highest BCUT2D eigenvalue weighted by Gasteiger charge is 2.30. The Morgan fingerprint density at radius 2 is 0.520 bits per heavy atom. The van der Waals surface area contributed by atoms with Gasteiger partial charge in [0.25, 0.3) is 0 Å². The molecule has 0 aliphatic rings. The number of esters is 4. The molecule has 17 nitrogen and oxygen atoms in total. The number of carbonyl (C=O) groups excluding carboxylic acids is 4. The lowest BCUT2D eigenvalue weighted by Gasteiger charge is -2.21. The van der Waals surface area contributed by atoms with Gasteiger partial charge in [-0.1, -0.05) is 357 Å². The molecule has 0 radical (unpaired) electrons. The first-order valence-electron chi connectivity index (χ1n) is 40.9. The number of phosphoric ester groups is 2. The van der Waals surface area contributed by atoms with Gasteiger partial charge >= 0.3 is 39.5 Å². The van der Waals surface area contributed by atoms with Gasteiger partial charge < -0.3 is 33.8 Å². The number of unbranched alkanes of at least 4 members (excludes halogenated alkanes) is 44. The molecule has 0 saturated heterocycles. The van der Waals surface area contributed by atoms with Gasteiger partial charge in [-0.3, -0.25) is 37.3 Å². The number of carbonyl (C=O) groups is 4. The van der Waals surface area contributed by atoms with Crippen LogP contribution in [0.2, 0.25) is 0 Å². The molecule has 3 N–H and O–H groups in total. The molecule has 3 unspecified atom stereocenters. The van der Waals surface area contributed by atoms with Crippen molar-refractivity contribution < 1.29 is 80.2 Å². The summed E-state index contributed by atoms with van der Waals surface area (Å²) in [5.74, 6) is 0.251. The van der Waals surface area contributed by atoms with Gasteiger partial charge in [0.05, 0.1) is 26.4 Å². The Hall–Kier alpha value is -1.94. The molecule has 0 bridgehead atoms. The van der Waals surface area contributed by atoms with E-state index in [1.165, 1.54) is 218 Å². The molecule has 0 aliphatic carbocycles. The highest BCUT2D eigenvalue weighted by molar-refractivity contribution is 7.47. The van der Waals surface area contributed by atoms with E-state index >= 15 is 0 Å². The van der Waals surface area contributed by atoms with Crippen LogP contribution in [-0.4, -0.2) is 96.7 Å². The highest BCUT2D eigenvalue weighted by Crippen LogP contribution is 2.45. The minimum atomic E-state index is -4.96. The smallest absolute Gasteiger partial charge is 0.462 e. The van der Waals surface area contributed by atoms with Gasteiger partial charge in [-0.25, -0.2) is 9.13 Å². The number of ether oxygens (including phenoxy) is 4. The first-order valence-corrected chi connectivity index (χ1v) is 43.9. The fourth-order valence-corrected chi connectivity index (χ4v) is 13.7. The van der Waals surface area contributed by atoms with Crippen molar-refractivity contribution in [2.75, 3.05) is 39.6 Å². The molecule has 0 rings (SSSR count). The van der Waals surface area contributed by atoms with E-state index in [-0.39, 0.29) is 25.7 Å². The van der Waals surface area contributed by atoms with E-state index < -0.39 is 97.5 Å². The Bertz CT molecular complexity index is 1910. The van der Waals surface area contributed by atoms with Crippen LogP contribution in [0.4, 0.5) is 0 Å². The summed E-state index contributed by atoms with van der Waals surface area (Å²) in [6.45, 7) is 12.0. The second kappa shape index (κ2) is 69.4. The minimum Gasteiger partial charge on any atom is -0.462 e. The highest BCUT2D eigenvalue weighted by atomic mass is 31.2. The summed E-state index contributed by atoms with van der Waals surface area (Å²) in [7, 11) is -9.92. The predicted octanol–water partition coefficient (Wildman–Crippen LogP) is 23.4. The molecular formula is C79H154O17P2. The molecule has 0 saturated carbocycles. The zero-order valence-corrected chi connectivity index (χ0v) is 66.0. The van der Waals surface area contributed by atoms with Crippen molar-refractivity contribution in [1.82, 2.24) is 0 Å². The lowest BCUT2D eigenvalue weighted by Crippen LogP contribution is -2.30. The van der Waals surface area contributed by atoms with Crippen molar-refractivity contribution in [3.63, 3.8) is 0 Å². The Morgan fingerprint density at radius 1 is 0.296 bits per heavy atom. The van der Waals surface area contributed by atoms with Crippen LogP contribution in [0.15, 0.2) is 0 Å². The van der Waals surface area contributed by atoms with Gasteiger partial charge in [0, 0.05) is 25.7 Å².